The minimum absolute atomic E-state index is 0.244. The Labute approximate surface area is 218 Å². The van der Waals surface area contributed by atoms with E-state index in [4.69, 9.17) is 25.8 Å². The van der Waals surface area contributed by atoms with Crippen LogP contribution in [0.25, 0.3) is 0 Å². The number of hydrogen-bond donors (Lipinski definition) is 1. The van der Waals surface area contributed by atoms with Crippen LogP contribution in [-0.2, 0) is 13.1 Å². The van der Waals surface area contributed by atoms with Crippen molar-refractivity contribution in [3.63, 3.8) is 0 Å². The van der Waals surface area contributed by atoms with Gasteiger partial charge >= 0.3 is 0 Å². The number of ether oxygens (including phenoxy) is 3. The van der Waals surface area contributed by atoms with Gasteiger partial charge in [-0.1, -0.05) is 17.7 Å². The van der Waals surface area contributed by atoms with Gasteiger partial charge in [-0.2, -0.15) is 5.10 Å². The molecule has 1 aliphatic heterocycles. The number of hydrogen-bond acceptors (Lipinski definition) is 6. The van der Waals surface area contributed by atoms with Gasteiger partial charge in [-0.25, -0.2) is 0 Å². The van der Waals surface area contributed by atoms with E-state index in [0.29, 0.717) is 44.2 Å². The van der Waals surface area contributed by atoms with Crippen molar-refractivity contribution in [1.29, 1.82) is 0 Å². The molecule has 8 heteroatoms. The van der Waals surface area contributed by atoms with Crippen molar-refractivity contribution >= 4 is 11.6 Å². The maximum Gasteiger partial charge on any atom is 0.161 e. The number of benzene rings is 2. The Morgan fingerprint density at radius 3 is 2.56 bits per heavy atom. The minimum Gasteiger partial charge on any atom is -0.493 e. The number of rotatable bonds is 10. The van der Waals surface area contributed by atoms with Crippen molar-refractivity contribution in [2.75, 3.05) is 33.4 Å². The van der Waals surface area contributed by atoms with Crippen molar-refractivity contribution in [2.24, 2.45) is 0 Å². The lowest BCUT2D eigenvalue weighted by molar-refractivity contribution is -0.0621. The third-order valence-corrected chi connectivity index (χ3v) is 7.12. The second-order valence-corrected chi connectivity index (χ2v) is 10.2. The van der Waals surface area contributed by atoms with Gasteiger partial charge < -0.3 is 19.3 Å². The average Bonchev–Trinajstić information content (AvgIpc) is 3.26. The molecule has 0 radical (unpaired) electrons. The third-order valence-electron chi connectivity index (χ3n) is 6.53. The van der Waals surface area contributed by atoms with Gasteiger partial charge in [-0.05, 0) is 86.7 Å². The van der Waals surface area contributed by atoms with Crippen molar-refractivity contribution < 1.29 is 19.3 Å². The van der Waals surface area contributed by atoms with Crippen LogP contribution in [0.3, 0.4) is 0 Å². The van der Waals surface area contributed by atoms with Crippen LogP contribution >= 0.6 is 11.6 Å². The first-order valence-corrected chi connectivity index (χ1v) is 12.8. The van der Waals surface area contributed by atoms with Gasteiger partial charge in [0.15, 0.2) is 11.5 Å². The standard InChI is InChI=1S/C28H36ClN3O4/c1-20-15-30-32(16-20)10-11-35-26-14-23(6-7-25(26)34-4)17-31-9-5-8-28(33,18-31)19-36-24-12-21(2)27(29)22(3)13-24/h6-7,12-16,33H,5,8-11,17-19H2,1-4H3/t28-/m1/s1. The molecule has 194 valence electrons. The fourth-order valence-corrected chi connectivity index (χ4v) is 4.80. The first-order chi connectivity index (χ1) is 17.2. The van der Waals surface area contributed by atoms with E-state index in [-0.39, 0.29) is 6.61 Å². The van der Waals surface area contributed by atoms with Gasteiger partial charge in [0.25, 0.3) is 0 Å². The lowest BCUT2D eigenvalue weighted by Gasteiger charge is -2.39. The largest absolute Gasteiger partial charge is 0.493 e. The summed E-state index contributed by atoms with van der Waals surface area (Å²) in [6.45, 7) is 9.51. The van der Waals surface area contributed by atoms with E-state index in [1.165, 1.54) is 0 Å². The highest BCUT2D eigenvalue weighted by Crippen LogP contribution is 2.31. The molecule has 0 saturated carbocycles. The normalized spacial score (nSPS) is 18.3. The van der Waals surface area contributed by atoms with Crippen molar-refractivity contribution in [1.82, 2.24) is 14.7 Å². The summed E-state index contributed by atoms with van der Waals surface area (Å²) < 4.78 is 19.4. The summed E-state index contributed by atoms with van der Waals surface area (Å²) in [5.74, 6) is 2.15. The molecule has 1 atom stereocenters. The van der Waals surface area contributed by atoms with Crippen molar-refractivity contribution in [3.05, 3.63) is 70.0 Å². The molecule has 1 aliphatic rings. The summed E-state index contributed by atoms with van der Waals surface area (Å²) in [6.07, 6.45) is 5.44. The van der Waals surface area contributed by atoms with E-state index in [1.807, 2.05) is 68.2 Å². The van der Waals surface area contributed by atoms with E-state index in [2.05, 4.69) is 10.00 Å². The summed E-state index contributed by atoms with van der Waals surface area (Å²) in [7, 11) is 1.65. The molecule has 1 aromatic heterocycles. The van der Waals surface area contributed by atoms with E-state index >= 15 is 0 Å². The zero-order chi connectivity index (χ0) is 25.7. The molecule has 1 N–H and O–H groups in total. The quantitative estimate of drug-likeness (QED) is 0.413. The number of methoxy groups -OCH3 is 1. The predicted molar refractivity (Wildman–Crippen MR) is 141 cm³/mol. The highest BCUT2D eigenvalue weighted by Gasteiger charge is 2.34. The molecule has 1 saturated heterocycles. The molecule has 2 aromatic carbocycles. The zero-order valence-corrected chi connectivity index (χ0v) is 22.3. The lowest BCUT2D eigenvalue weighted by atomic mass is 9.93. The van der Waals surface area contributed by atoms with Crippen LogP contribution in [0.5, 0.6) is 17.2 Å². The fourth-order valence-electron chi connectivity index (χ4n) is 4.69. The number of β-amino-alcohol motifs (C(OH)–C–C–N with tert-alkyl or cyclic N) is 1. The number of likely N-dealkylation sites (tertiary alicyclic amines) is 1. The molecule has 7 nitrogen and oxygen atoms in total. The molecule has 36 heavy (non-hydrogen) atoms. The highest BCUT2D eigenvalue weighted by molar-refractivity contribution is 6.32. The van der Waals surface area contributed by atoms with E-state index in [1.54, 1.807) is 7.11 Å². The minimum atomic E-state index is -0.909. The van der Waals surface area contributed by atoms with E-state index < -0.39 is 5.60 Å². The molecule has 2 heterocycles. The first-order valence-electron chi connectivity index (χ1n) is 12.4. The smallest absolute Gasteiger partial charge is 0.161 e. The van der Waals surface area contributed by atoms with Gasteiger partial charge in [0.05, 0.1) is 19.9 Å². The molecule has 1 fully saturated rings. The molecular formula is C28H36ClN3O4. The molecule has 3 aromatic rings. The maximum atomic E-state index is 11.3. The Morgan fingerprint density at radius 2 is 1.86 bits per heavy atom. The molecule has 0 spiro atoms. The van der Waals surface area contributed by atoms with Crippen LogP contribution in [0.2, 0.25) is 5.02 Å². The summed E-state index contributed by atoms with van der Waals surface area (Å²) in [5.41, 5.74) is 3.27. The SMILES string of the molecule is COc1ccc(CN2CCC[C@](O)(COc3cc(C)c(Cl)c(C)c3)C2)cc1OCCn1cc(C)cn1. The summed E-state index contributed by atoms with van der Waals surface area (Å²) in [6, 6.07) is 9.85. The maximum absolute atomic E-state index is 11.3. The van der Waals surface area contributed by atoms with Gasteiger partial charge in [0.1, 0.15) is 24.6 Å². The monoisotopic (exact) mass is 513 g/mol. The van der Waals surface area contributed by atoms with Crippen LogP contribution in [0.15, 0.2) is 42.7 Å². The van der Waals surface area contributed by atoms with E-state index in [9.17, 15) is 5.11 Å². The molecule has 4 rings (SSSR count). The van der Waals surface area contributed by atoms with Gasteiger partial charge in [0.2, 0.25) is 0 Å². The highest BCUT2D eigenvalue weighted by atomic mass is 35.5. The Kier molecular flexibility index (Phi) is 8.44. The molecular weight excluding hydrogens is 478 g/mol. The number of aliphatic hydroxyl groups is 1. The second kappa shape index (κ2) is 11.5. The molecule has 0 aliphatic carbocycles. The zero-order valence-electron chi connectivity index (χ0n) is 21.6. The number of nitrogens with zero attached hydrogens (tertiary/aromatic N) is 3. The topological polar surface area (TPSA) is 69.0 Å². The second-order valence-electron chi connectivity index (χ2n) is 9.81. The third kappa shape index (κ3) is 6.72. The lowest BCUT2D eigenvalue weighted by Crippen LogP contribution is -2.51. The van der Waals surface area contributed by atoms with E-state index in [0.717, 1.165) is 46.0 Å². The fraction of sp³-hybridized carbons (Fsp3) is 0.464. The Hall–Kier alpha value is -2.74. The predicted octanol–water partition coefficient (Wildman–Crippen LogP) is 4.96. The van der Waals surface area contributed by atoms with Crippen molar-refractivity contribution in [3.8, 4) is 17.2 Å². The summed E-state index contributed by atoms with van der Waals surface area (Å²) in [5, 5.41) is 16.3. The van der Waals surface area contributed by atoms with Crippen LogP contribution < -0.4 is 14.2 Å². The van der Waals surface area contributed by atoms with Gasteiger partial charge in [0, 0.05) is 24.3 Å². The van der Waals surface area contributed by atoms with Crippen molar-refractivity contribution in [2.45, 2.75) is 52.3 Å². The Morgan fingerprint density at radius 1 is 1.08 bits per heavy atom. The van der Waals surface area contributed by atoms with Crippen LogP contribution in [0.1, 0.15) is 35.1 Å². The Bertz CT molecular complexity index is 1160. The molecule has 0 amide bonds. The average molecular weight is 514 g/mol. The van der Waals surface area contributed by atoms with Gasteiger partial charge in [-0.15, -0.1) is 0 Å². The van der Waals surface area contributed by atoms with Crippen LogP contribution in [0, 0.1) is 20.8 Å². The number of aryl methyl sites for hydroxylation is 3. The summed E-state index contributed by atoms with van der Waals surface area (Å²) in [4.78, 5) is 2.27. The van der Waals surface area contributed by atoms with Crippen LogP contribution in [0.4, 0.5) is 0 Å². The number of aromatic nitrogens is 2. The Balaban J connectivity index is 1.35. The first kappa shape index (κ1) is 26.3. The number of piperidine rings is 1. The van der Waals surface area contributed by atoms with Crippen LogP contribution in [-0.4, -0.2) is 58.8 Å². The molecule has 0 unspecified atom stereocenters. The number of halogens is 1. The molecule has 0 bridgehead atoms. The summed E-state index contributed by atoms with van der Waals surface area (Å²) >= 11 is 6.28. The van der Waals surface area contributed by atoms with Gasteiger partial charge in [-0.3, -0.25) is 9.58 Å².